The molecule has 1 fully saturated rings. The lowest BCUT2D eigenvalue weighted by atomic mass is 9.89. The van der Waals surface area contributed by atoms with Crippen LogP contribution in [-0.2, 0) is 44.7 Å². The molecule has 0 aromatic heterocycles. The number of nitrogens with one attached hydrogen (secondary N) is 2. The molecule has 2 aliphatic heterocycles. The van der Waals surface area contributed by atoms with Gasteiger partial charge in [-0.1, -0.05) is 97.4 Å². The van der Waals surface area contributed by atoms with Gasteiger partial charge in [-0.15, -0.1) is 5.06 Å². The molecule has 17 nitrogen and oxygen atoms in total. The monoisotopic (exact) mass is 921 g/mol. The van der Waals surface area contributed by atoms with Gasteiger partial charge in [0.05, 0.1) is 60.4 Å². The average Bonchev–Trinajstić information content (AvgIpc) is 3.87. The lowest BCUT2D eigenvalue weighted by Crippen LogP contribution is -2.60. The minimum absolute atomic E-state index is 0.0531. The molecule has 2 aromatic carbocycles. The number of carboxylic acid groups (broad SMARTS) is 1. The zero-order valence-corrected chi connectivity index (χ0v) is 40.5. The number of nitrogens with zero attached hydrogens (tertiary/aromatic N) is 4. The van der Waals surface area contributed by atoms with Gasteiger partial charge in [0.1, 0.15) is 12.1 Å². The number of amides is 6. The highest BCUT2D eigenvalue weighted by molar-refractivity contribution is 6.20. The molecular formula is C49H72N6O11. The first kappa shape index (κ1) is 53.4. The fraction of sp³-hybridized carbons (Fsp3) is 0.612. The topological polar surface area (TPSA) is 204 Å². The number of methoxy groups -OCH3 is 2. The van der Waals surface area contributed by atoms with E-state index >= 15 is 0 Å². The molecular weight excluding hydrogens is 849 g/mol. The summed E-state index contributed by atoms with van der Waals surface area (Å²) >= 11 is 0. The molecule has 0 spiro atoms. The number of rotatable bonds is 25. The van der Waals surface area contributed by atoms with Crippen LogP contribution < -0.4 is 10.6 Å². The molecule has 0 aliphatic carbocycles. The third-order valence-electron chi connectivity index (χ3n) is 13.2. The second kappa shape index (κ2) is 24.5. The number of hydrogen-bond acceptors (Lipinski definition) is 11. The van der Waals surface area contributed by atoms with Crippen molar-refractivity contribution in [1.82, 2.24) is 30.4 Å². The largest absolute Gasteiger partial charge is 0.480 e. The molecule has 4 rings (SSSR count). The van der Waals surface area contributed by atoms with Gasteiger partial charge in [0, 0.05) is 40.8 Å². The third-order valence-corrected chi connectivity index (χ3v) is 13.2. The number of carboxylic acids is 1. The van der Waals surface area contributed by atoms with E-state index in [9.17, 15) is 38.7 Å². The number of hydrogen-bond donors (Lipinski definition) is 3. The van der Waals surface area contributed by atoms with Gasteiger partial charge in [-0.2, -0.15) is 0 Å². The Morgan fingerprint density at radius 1 is 0.833 bits per heavy atom. The van der Waals surface area contributed by atoms with Gasteiger partial charge in [-0.25, -0.2) is 4.79 Å². The SMILES string of the molecule is CC[C@H](C)[C@@H]([C@@H](CC(=O)N1CCC[C@H]1[C@H](OC)[C@@H](C)C(=O)N[C@@H](Cc1ccccc1)C(=O)O)OC)N(C)C(=O)[C@@H](NC(=O)[C@H](C(C)C)N(C)CCON1C(=O)c2ccccc2C1=O)C(C)C. The number of aliphatic carboxylic acids is 1. The highest BCUT2D eigenvalue weighted by Gasteiger charge is 2.44. The van der Waals surface area contributed by atoms with E-state index < -0.39 is 72.0 Å². The lowest BCUT2D eigenvalue weighted by Gasteiger charge is -2.41. The molecule has 0 saturated carbocycles. The predicted octanol–water partition coefficient (Wildman–Crippen LogP) is 4.04. The summed E-state index contributed by atoms with van der Waals surface area (Å²) in [4.78, 5) is 105. The number of fused-ring (bicyclic) bond motifs is 1. The molecule has 66 heavy (non-hydrogen) atoms. The highest BCUT2D eigenvalue weighted by Crippen LogP contribution is 2.30. The number of benzene rings is 2. The number of likely N-dealkylation sites (N-methyl/N-ethyl adjacent to an activating group) is 2. The maximum Gasteiger partial charge on any atom is 0.326 e. The molecule has 1 saturated heterocycles. The summed E-state index contributed by atoms with van der Waals surface area (Å²) in [6.07, 6.45) is 0.462. The molecule has 0 bridgehead atoms. The minimum atomic E-state index is -1.16. The third kappa shape index (κ3) is 12.8. The molecule has 2 aromatic rings. The fourth-order valence-corrected chi connectivity index (χ4v) is 9.34. The molecule has 6 amide bonds. The van der Waals surface area contributed by atoms with E-state index in [-0.39, 0.29) is 72.6 Å². The van der Waals surface area contributed by atoms with Crippen LogP contribution in [0.25, 0.3) is 0 Å². The summed E-state index contributed by atoms with van der Waals surface area (Å²) in [5, 5.41) is 16.4. The van der Waals surface area contributed by atoms with Gasteiger partial charge in [-0.05, 0) is 55.3 Å². The average molecular weight is 921 g/mol. The van der Waals surface area contributed by atoms with Crippen molar-refractivity contribution >= 4 is 41.4 Å². The van der Waals surface area contributed by atoms with Crippen molar-refractivity contribution in [3.05, 3.63) is 71.3 Å². The van der Waals surface area contributed by atoms with Gasteiger partial charge in [0.15, 0.2) is 0 Å². The van der Waals surface area contributed by atoms with E-state index in [0.29, 0.717) is 25.8 Å². The number of imide groups is 1. The van der Waals surface area contributed by atoms with Gasteiger partial charge >= 0.3 is 5.97 Å². The molecule has 0 unspecified atom stereocenters. The maximum absolute atomic E-state index is 14.6. The van der Waals surface area contributed by atoms with E-state index in [4.69, 9.17) is 14.3 Å². The molecule has 0 radical (unpaired) electrons. The zero-order valence-electron chi connectivity index (χ0n) is 40.5. The van der Waals surface area contributed by atoms with Crippen molar-refractivity contribution in [2.45, 2.75) is 123 Å². The van der Waals surface area contributed by atoms with Gasteiger partial charge in [0.2, 0.25) is 23.6 Å². The first-order chi connectivity index (χ1) is 31.3. The van der Waals surface area contributed by atoms with E-state index in [2.05, 4.69) is 10.6 Å². The Labute approximate surface area is 389 Å². The second-order valence-corrected chi connectivity index (χ2v) is 18.4. The van der Waals surface area contributed by atoms with Crippen LogP contribution >= 0.6 is 0 Å². The van der Waals surface area contributed by atoms with Crippen molar-refractivity contribution in [2.24, 2.45) is 23.7 Å². The summed E-state index contributed by atoms with van der Waals surface area (Å²) in [5.74, 6) is -5.14. The van der Waals surface area contributed by atoms with Crippen LogP contribution in [-0.4, -0.2) is 157 Å². The summed E-state index contributed by atoms with van der Waals surface area (Å²) in [5.41, 5.74) is 1.30. The molecule has 3 N–H and O–H groups in total. The van der Waals surface area contributed by atoms with Crippen LogP contribution in [0.15, 0.2) is 54.6 Å². The number of carbonyl (C=O) groups excluding carboxylic acids is 6. The molecule has 364 valence electrons. The maximum atomic E-state index is 14.6. The zero-order chi connectivity index (χ0) is 49.0. The smallest absolute Gasteiger partial charge is 0.326 e. The number of hydroxylamine groups is 2. The van der Waals surface area contributed by atoms with Gasteiger partial charge in [-0.3, -0.25) is 38.5 Å². The second-order valence-electron chi connectivity index (χ2n) is 18.4. The Balaban J connectivity index is 1.43. The van der Waals surface area contributed by atoms with Crippen molar-refractivity contribution in [3.8, 4) is 0 Å². The number of carbonyl (C=O) groups is 7. The van der Waals surface area contributed by atoms with Crippen LogP contribution in [0, 0.1) is 23.7 Å². The van der Waals surface area contributed by atoms with E-state index in [1.54, 1.807) is 84.2 Å². The van der Waals surface area contributed by atoms with Crippen LogP contribution in [0.4, 0.5) is 0 Å². The van der Waals surface area contributed by atoms with Crippen molar-refractivity contribution in [1.29, 1.82) is 0 Å². The fourth-order valence-electron chi connectivity index (χ4n) is 9.34. The summed E-state index contributed by atoms with van der Waals surface area (Å²) in [7, 11) is 6.40. The number of ether oxygens (including phenoxy) is 2. The van der Waals surface area contributed by atoms with E-state index in [1.165, 1.54) is 14.2 Å². The summed E-state index contributed by atoms with van der Waals surface area (Å²) in [6, 6.07) is 11.7. The molecule has 9 atom stereocenters. The molecule has 2 heterocycles. The Hall–Kier alpha value is -5.23. The quantitative estimate of drug-likeness (QED) is 0.121. The first-order valence-corrected chi connectivity index (χ1v) is 23.1. The van der Waals surface area contributed by atoms with Crippen LogP contribution in [0.3, 0.4) is 0 Å². The van der Waals surface area contributed by atoms with Gasteiger partial charge in [0.25, 0.3) is 11.8 Å². The standard InChI is InChI=1S/C49H72N6O11/c1-12-31(6)42(38(64-10)28-39(56)54-24-18-23-37(54)43(65-11)32(7)44(57)50-36(49(62)63)27-33-19-14-13-15-20-33)53(9)48(61)40(29(2)3)51-45(58)41(30(4)5)52(8)25-26-66-55-46(59)34-21-16-17-22-35(34)47(55)60/h13-17,19-22,29-32,36-38,40-43H,12,18,23-28H2,1-11H3,(H,50,57)(H,51,58)(H,62,63)/t31-,32+,36-,37-,38+,40-,41-,42-,43+/m0/s1. The Morgan fingerprint density at radius 2 is 1.44 bits per heavy atom. The summed E-state index contributed by atoms with van der Waals surface area (Å²) in [6.45, 7) is 13.7. The minimum Gasteiger partial charge on any atom is -0.480 e. The predicted molar refractivity (Wildman–Crippen MR) is 247 cm³/mol. The Morgan fingerprint density at radius 3 is 1.97 bits per heavy atom. The normalized spacial score (nSPS) is 18.7. The number of likely N-dealkylation sites (tertiary alicyclic amines) is 1. The summed E-state index contributed by atoms with van der Waals surface area (Å²) < 4.78 is 11.9. The highest BCUT2D eigenvalue weighted by atomic mass is 16.7. The first-order valence-electron chi connectivity index (χ1n) is 23.1. The van der Waals surface area contributed by atoms with Gasteiger partial charge < -0.3 is 35.0 Å². The Kier molecular flexibility index (Phi) is 19.8. The van der Waals surface area contributed by atoms with Crippen molar-refractivity contribution < 1.29 is 53.0 Å². The molecule has 17 heteroatoms. The molecule has 2 aliphatic rings. The Bertz CT molecular complexity index is 1960. The van der Waals surface area contributed by atoms with Crippen LogP contribution in [0.1, 0.15) is 100 Å². The van der Waals surface area contributed by atoms with Crippen molar-refractivity contribution in [2.75, 3.05) is 48.0 Å². The van der Waals surface area contributed by atoms with E-state index in [0.717, 1.165) is 10.6 Å². The van der Waals surface area contributed by atoms with Crippen LogP contribution in [0.5, 0.6) is 0 Å². The van der Waals surface area contributed by atoms with Crippen LogP contribution in [0.2, 0.25) is 0 Å². The van der Waals surface area contributed by atoms with Crippen molar-refractivity contribution in [3.63, 3.8) is 0 Å². The lowest BCUT2D eigenvalue weighted by molar-refractivity contribution is -0.148. The van der Waals surface area contributed by atoms with E-state index in [1.807, 2.05) is 47.6 Å².